The highest BCUT2D eigenvalue weighted by Gasteiger charge is 2.12. The molecule has 0 saturated carbocycles. The average molecular weight is 266 g/mol. The van der Waals surface area contributed by atoms with Gasteiger partial charge in [-0.2, -0.15) is 5.26 Å². The number of nitrogens with zero attached hydrogens (tertiary/aromatic N) is 3. The summed E-state index contributed by atoms with van der Waals surface area (Å²) >= 11 is 0. The van der Waals surface area contributed by atoms with Crippen molar-refractivity contribution in [2.45, 2.75) is 0 Å². The van der Waals surface area contributed by atoms with Gasteiger partial charge >= 0.3 is 0 Å². The van der Waals surface area contributed by atoms with Crippen LogP contribution >= 0.6 is 0 Å². The highest BCUT2D eigenvalue weighted by molar-refractivity contribution is 5.70. The molecule has 0 bridgehead atoms. The lowest BCUT2D eigenvalue weighted by atomic mass is 10.2. The Morgan fingerprint density at radius 1 is 1.25 bits per heavy atom. The van der Waals surface area contributed by atoms with Gasteiger partial charge in [-0.3, -0.25) is 0 Å². The van der Waals surface area contributed by atoms with E-state index in [2.05, 4.69) is 9.97 Å². The topological polar surface area (TPSA) is 94.0 Å². The second kappa shape index (κ2) is 4.90. The van der Waals surface area contributed by atoms with Gasteiger partial charge in [0.2, 0.25) is 6.79 Å². The third-order valence-electron chi connectivity index (χ3n) is 2.77. The van der Waals surface area contributed by atoms with Crippen LogP contribution in [0, 0.1) is 11.3 Å². The smallest absolute Gasteiger partial charge is 0.231 e. The van der Waals surface area contributed by atoms with Crippen LogP contribution in [0.25, 0.3) is 12.2 Å². The first-order chi connectivity index (χ1) is 9.76. The van der Waals surface area contributed by atoms with E-state index in [9.17, 15) is 0 Å². The molecule has 2 N–H and O–H groups in total. The number of hydrogen-bond donors (Lipinski definition) is 1. The number of nitrogens with two attached hydrogens (primary N) is 1. The second-order valence-corrected chi connectivity index (χ2v) is 4.09. The number of ether oxygens (including phenoxy) is 2. The fourth-order valence-electron chi connectivity index (χ4n) is 1.77. The quantitative estimate of drug-likeness (QED) is 0.891. The van der Waals surface area contributed by atoms with E-state index in [-0.39, 0.29) is 18.3 Å². The molecule has 6 heteroatoms. The summed E-state index contributed by atoms with van der Waals surface area (Å²) in [5.41, 5.74) is 7.14. The first kappa shape index (κ1) is 12.0. The summed E-state index contributed by atoms with van der Waals surface area (Å²) in [6.45, 7) is 0.247. The Hall–Kier alpha value is -3.07. The van der Waals surface area contributed by atoms with Gasteiger partial charge in [0.05, 0.1) is 11.9 Å². The van der Waals surface area contributed by atoms with Crippen molar-refractivity contribution >= 4 is 18.0 Å². The van der Waals surface area contributed by atoms with Crippen LogP contribution < -0.4 is 15.2 Å². The summed E-state index contributed by atoms with van der Waals surface area (Å²) in [7, 11) is 0. The van der Waals surface area contributed by atoms with Crippen molar-refractivity contribution in [2.24, 2.45) is 0 Å². The lowest BCUT2D eigenvalue weighted by Gasteiger charge is -1.99. The Bertz CT molecular complexity index is 734. The van der Waals surface area contributed by atoms with E-state index in [0.717, 1.165) is 11.3 Å². The maximum Gasteiger partial charge on any atom is 0.231 e. The molecule has 2 aromatic rings. The van der Waals surface area contributed by atoms with Crippen molar-refractivity contribution in [3.05, 3.63) is 41.3 Å². The van der Waals surface area contributed by atoms with Gasteiger partial charge in [0.25, 0.3) is 0 Å². The van der Waals surface area contributed by atoms with Crippen molar-refractivity contribution in [3.63, 3.8) is 0 Å². The molecule has 0 amide bonds. The molecule has 0 unspecified atom stereocenters. The number of aromatic nitrogens is 2. The van der Waals surface area contributed by atoms with Crippen LogP contribution in [0.15, 0.2) is 24.4 Å². The van der Waals surface area contributed by atoms with Crippen LogP contribution in [0.1, 0.15) is 17.0 Å². The molecular formula is C14H10N4O2. The Balaban J connectivity index is 1.86. The molecule has 0 fully saturated rings. The largest absolute Gasteiger partial charge is 0.454 e. The summed E-state index contributed by atoms with van der Waals surface area (Å²) in [6.07, 6.45) is 5.12. The third-order valence-corrected chi connectivity index (χ3v) is 2.77. The minimum absolute atomic E-state index is 0.123. The molecule has 2 heterocycles. The maximum absolute atomic E-state index is 8.85. The van der Waals surface area contributed by atoms with Crippen molar-refractivity contribution in [2.75, 3.05) is 12.5 Å². The van der Waals surface area contributed by atoms with E-state index in [1.165, 1.54) is 6.20 Å². The molecule has 20 heavy (non-hydrogen) atoms. The Labute approximate surface area is 115 Å². The first-order valence-electron chi connectivity index (χ1n) is 5.86. The van der Waals surface area contributed by atoms with E-state index in [4.69, 9.17) is 20.5 Å². The number of hydrogen-bond acceptors (Lipinski definition) is 6. The standard InChI is InChI=1S/C14H10N4O2/c15-6-11-14(16)17-7-10(18-11)3-1-9-2-4-12-13(5-9)20-8-19-12/h1-5,7H,8H2,(H2,16,17). The van der Waals surface area contributed by atoms with E-state index >= 15 is 0 Å². The van der Waals surface area contributed by atoms with E-state index in [0.29, 0.717) is 11.4 Å². The van der Waals surface area contributed by atoms with Gasteiger partial charge in [-0.15, -0.1) is 0 Å². The normalized spacial score (nSPS) is 12.6. The lowest BCUT2D eigenvalue weighted by Crippen LogP contribution is -1.98. The predicted octanol–water partition coefficient (Wildman–Crippen LogP) is 1.83. The number of benzene rings is 1. The monoisotopic (exact) mass is 266 g/mol. The molecule has 0 atom stereocenters. The molecule has 0 radical (unpaired) electrons. The molecule has 6 nitrogen and oxygen atoms in total. The van der Waals surface area contributed by atoms with Crippen LogP contribution in [0.3, 0.4) is 0 Å². The number of nitriles is 1. The molecule has 98 valence electrons. The molecule has 1 aromatic carbocycles. The molecule has 0 saturated heterocycles. The zero-order valence-electron chi connectivity index (χ0n) is 10.4. The van der Waals surface area contributed by atoms with E-state index in [1.54, 1.807) is 6.08 Å². The number of rotatable bonds is 2. The van der Waals surface area contributed by atoms with Crippen molar-refractivity contribution < 1.29 is 9.47 Å². The van der Waals surface area contributed by atoms with Gasteiger partial charge in [-0.1, -0.05) is 12.1 Å². The second-order valence-electron chi connectivity index (χ2n) is 4.09. The van der Waals surface area contributed by atoms with Crippen molar-refractivity contribution in [3.8, 4) is 17.6 Å². The first-order valence-corrected chi connectivity index (χ1v) is 5.86. The predicted molar refractivity (Wildman–Crippen MR) is 72.7 cm³/mol. The number of nitrogen functional groups attached to an aromatic ring is 1. The Morgan fingerprint density at radius 3 is 2.95 bits per heavy atom. The molecule has 1 aliphatic heterocycles. The van der Waals surface area contributed by atoms with Crippen LogP contribution in [0.2, 0.25) is 0 Å². The van der Waals surface area contributed by atoms with Gasteiger partial charge in [0.1, 0.15) is 6.07 Å². The van der Waals surface area contributed by atoms with Gasteiger partial charge in [0.15, 0.2) is 23.0 Å². The van der Waals surface area contributed by atoms with Gasteiger partial charge in [0, 0.05) is 0 Å². The summed E-state index contributed by atoms with van der Waals surface area (Å²) in [5.74, 6) is 1.59. The molecule has 1 aromatic heterocycles. The summed E-state index contributed by atoms with van der Waals surface area (Å²) in [4.78, 5) is 8.00. The van der Waals surface area contributed by atoms with Crippen molar-refractivity contribution in [1.82, 2.24) is 9.97 Å². The summed E-state index contributed by atoms with van der Waals surface area (Å²) < 4.78 is 10.5. The third kappa shape index (κ3) is 2.24. The number of fused-ring (bicyclic) bond motifs is 1. The Morgan fingerprint density at radius 2 is 2.10 bits per heavy atom. The molecule has 0 aliphatic carbocycles. The minimum atomic E-state index is 0.123. The molecule has 1 aliphatic rings. The van der Waals surface area contributed by atoms with Crippen molar-refractivity contribution in [1.29, 1.82) is 5.26 Å². The van der Waals surface area contributed by atoms with E-state index in [1.807, 2.05) is 30.3 Å². The Kier molecular flexibility index (Phi) is 2.94. The molecular weight excluding hydrogens is 256 g/mol. The highest BCUT2D eigenvalue weighted by atomic mass is 16.7. The maximum atomic E-state index is 8.85. The van der Waals surface area contributed by atoms with Crippen LogP contribution in [0.5, 0.6) is 11.5 Å². The fraction of sp³-hybridized carbons (Fsp3) is 0.0714. The zero-order chi connectivity index (χ0) is 13.9. The lowest BCUT2D eigenvalue weighted by molar-refractivity contribution is 0.174. The summed E-state index contributed by atoms with van der Waals surface area (Å²) in [6, 6.07) is 7.52. The van der Waals surface area contributed by atoms with Crippen LogP contribution in [-0.2, 0) is 0 Å². The van der Waals surface area contributed by atoms with Gasteiger partial charge in [-0.05, 0) is 23.8 Å². The van der Waals surface area contributed by atoms with Gasteiger partial charge in [-0.25, -0.2) is 9.97 Å². The molecule has 3 rings (SSSR count). The summed E-state index contributed by atoms with van der Waals surface area (Å²) in [5, 5.41) is 8.85. The number of anilines is 1. The minimum Gasteiger partial charge on any atom is -0.454 e. The zero-order valence-corrected chi connectivity index (χ0v) is 10.4. The van der Waals surface area contributed by atoms with Gasteiger partial charge < -0.3 is 15.2 Å². The molecule has 0 spiro atoms. The average Bonchev–Trinajstić information content (AvgIpc) is 2.94. The highest BCUT2D eigenvalue weighted by Crippen LogP contribution is 2.32. The van der Waals surface area contributed by atoms with E-state index < -0.39 is 0 Å². The van der Waals surface area contributed by atoms with Crippen LogP contribution in [-0.4, -0.2) is 16.8 Å². The van der Waals surface area contributed by atoms with Crippen LogP contribution in [0.4, 0.5) is 5.82 Å². The SMILES string of the molecule is N#Cc1nc(C=Cc2ccc3c(c2)OCO3)cnc1N. The fourth-order valence-corrected chi connectivity index (χ4v) is 1.77.